The maximum absolute atomic E-state index is 6.20. The van der Waals surface area contributed by atoms with Crippen molar-refractivity contribution in [1.29, 1.82) is 0 Å². The Labute approximate surface area is 153 Å². The van der Waals surface area contributed by atoms with Gasteiger partial charge >= 0.3 is 155 Å². The molecule has 0 aliphatic heterocycles. The first kappa shape index (κ1) is 16.3. The normalized spacial score (nSPS) is 11.1. The van der Waals surface area contributed by atoms with Crippen LogP contribution >= 0.6 is 46.4 Å². The van der Waals surface area contributed by atoms with Crippen molar-refractivity contribution in [2.45, 2.75) is 0 Å². The van der Waals surface area contributed by atoms with Crippen molar-refractivity contribution < 1.29 is 0 Å². The van der Waals surface area contributed by atoms with Crippen LogP contribution in [0, 0.1) is 26.7 Å². The second kappa shape index (κ2) is 5.97. The molecule has 2 rings (SSSR count). The molecule has 0 radical (unpaired) electrons. The van der Waals surface area contributed by atoms with Gasteiger partial charge in [-0.1, -0.05) is 0 Å². The van der Waals surface area contributed by atoms with Gasteiger partial charge in [0.25, 0.3) is 0 Å². The molecule has 0 N–H and O–H groups in total. The third kappa shape index (κ3) is 2.44. The van der Waals surface area contributed by atoms with E-state index in [1.165, 1.54) is 0 Å². The Kier molecular flexibility index (Phi) is 5.41. The Morgan fingerprint density at radius 2 is 0.611 bits per heavy atom. The van der Waals surface area contributed by atoms with Crippen LogP contribution in [0.1, 0.15) is 0 Å². The monoisotopic (exact) mass is 580 g/mol. The molecule has 0 bridgehead atoms. The van der Waals surface area contributed by atoms with Crippen molar-refractivity contribution in [2.75, 3.05) is 0 Å². The number of rotatable bonds is 0. The van der Waals surface area contributed by atoms with Gasteiger partial charge in [-0.15, -0.1) is 0 Å². The van der Waals surface area contributed by atoms with Crippen molar-refractivity contribution in [3.05, 3.63) is 46.8 Å². The van der Waals surface area contributed by atoms with Gasteiger partial charge in [-0.25, -0.2) is 0 Å². The minimum absolute atomic E-state index is 0.465. The SMILES string of the molecule is Clc1c(Cl)c(=[Se])c2c(=[Se])c(Cl)c(Cl)c(=[Se])c=2c1=[Se]. The summed E-state index contributed by atoms with van der Waals surface area (Å²) in [4.78, 5) is 0. The summed E-state index contributed by atoms with van der Waals surface area (Å²) in [6.45, 7) is 0. The fourth-order valence-electron chi connectivity index (χ4n) is 1.50. The van der Waals surface area contributed by atoms with E-state index in [4.69, 9.17) is 46.4 Å². The van der Waals surface area contributed by atoms with Crippen molar-refractivity contribution in [3.8, 4) is 0 Å². The van der Waals surface area contributed by atoms with Crippen LogP contribution in [-0.4, -0.2) is 62.3 Å². The summed E-state index contributed by atoms with van der Waals surface area (Å²) in [5.74, 6) is 0. The Balaban J connectivity index is 3.58. The number of halogens is 4. The summed E-state index contributed by atoms with van der Waals surface area (Å²) in [6.07, 6.45) is 0. The molecule has 0 atom stereocenters. The van der Waals surface area contributed by atoms with E-state index in [9.17, 15) is 0 Å². The van der Waals surface area contributed by atoms with Gasteiger partial charge in [-0.2, -0.15) is 0 Å². The molecule has 8 heteroatoms. The van der Waals surface area contributed by atoms with Crippen LogP contribution in [-0.2, 0) is 0 Å². The zero-order chi connectivity index (χ0) is 13.8. The van der Waals surface area contributed by atoms with Crippen LogP contribution in [0.5, 0.6) is 0 Å². The predicted octanol–water partition coefficient (Wildman–Crippen LogP) is 2.70. The Bertz CT molecular complexity index is 789. The van der Waals surface area contributed by atoms with Crippen LogP contribution in [0.2, 0.25) is 20.1 Å². The molecule has 0 fully saturated rings. The van der Waals surface area contributed by atoms with Crippen molar-refractivity contribution >= 4 is 109 Å². The molecular weight excluding hydrogens is 578 g/mol. The van der Waals surface area contributed by atoms with Crippen molar-refractivity contribution in [2.24, 2.45) is 0 Å². The fourth-order valence-corrected chi connectivity index (χ4v) is 5.99. The molecule has 0 aromatic rings. The molecule has 0 heterocycles. The molecule has 92 valence electrons. The van der Waals surface area contributed by atoms with Gasteiger partial charge in [0.2, 0.25) is 0 Å². The van der Waals surface area contributed by atoms with Crippen molar-refractivity contribution in [1.82, 2.24) is 0 Å². The van der Waals surface area contributed by atoms with Gasteiger partial charge < -0.3 is 0 Å². The molecule has 2 aliphatic carbocycles. The summed E-state index contributed by atoms with van der Waals surface area (Å²) in [5.41, 5.74) is 0. The molecule has 18 heavy (non-hydrogen) atoms. The van der Waals surface area contributed by atoms with E-state index in [1.807, 2.05) is 0 Å². The van der Waals surface area contributed by atoms with Crippen LogP contribution in [0.15, 0.2) is 0 Å². The van der Waals surface area contributed by atoms with E-state index < -0.39 is 0 Å². The first-order valence-electron chi connectivity index (χ1n) is 4.32. The van der Waals surface area contributed by atoms with E-state index in [0.29, 0.717) is 20.1 Å². The van der Waals surface area contributed by atoms with Gasteiger partial charge in [-0.3, -0.25) is 0 Å². The second-order valence-corrected chi connectivity index (χ2v) is 8.26. The Hall–Kier alpha value is 1.94. The maximum atomic E-state index is 6.20. The predicted molar refractivity (Wildman–Crippen MR) is 80.1 cm³/mol. The average Bonchev–Trinajstić information content (AvgIpc) is 2.35. The van der Waals surface area contributed by atoms with Crippen molar-refractivity contribution in [3.63, 3.8) is 0 Å². The molecule has 0 saturated heterocycles. The molecule has 0 aromatic carbocycles. The first-order chi connectivity index (χ1) is 8.29. The molecule has 2 aliphatic rings. The third-order valence-corrected chi connectivity index (χ3v) is 8.49. The van der Waals surface area contributed by atoms with Crippen LogP contribution < -0.4 is 0 Å². The van der Waals surface area contributed by atoms with Gasteiger partial charge in [0.1, 0.15) is 0 Å². The molecule has 0 aromatic heterocycles. The third-order valence-electron chi connectivity index (χ3n) is 2.34. The standard InChI is InChI=1S/C10Cl4Se4/c11-3-5(13)9(17)2-1(7(3)15)8(16)4(12)6(14)10(2)18. The molecule has 0 saturated carbocycles. The Morgan fingerprint density at radius 1 is 0.444 bits per heavy atom. The van der Waals surface area contributed by atoms with E-state index in [0.717, 1.165) is 26.7 Å². The van der Waals surface area contributed by atoms with Crippen LogP contribution in [0.4, 0.5) is 0 Å². The number of hydrogen-bond donors (Lipinski definition) is 0. The Morgan fingerprint density at radius 3 is 0.778 bits per heavy atom. The first-order valence-corrected chi connectivity index (χ1v) is 9.26. The number of hydrogen-bond acceptors (Lipinski definition) is 0. The van der Waals surface area contributed by atoms with Gasteiger partial charge in [0, 0.05) is 0 Å². The van der Waals surface area contributed by atoms with Gasteiger partial charge in [0.05, 0.1) is 0 Å². The quantitative estimate of drug-likeness (QED) is 0.423. The van der Waals surface area contributed by atoms with Gasteiger partial charge in [0.15, 0.2) is 0 Å². The molecule has 0 unspecified atom stereocenters. The molecule has 0 spiro atoms. The van der Waals surface area contributed by atoms with E-state index >= 15 is 0 Å². The second-order valence-electron chi connectivity index (χ2n) is 3.32. The zero-order valence-electron chi connectivity index (χ0n) is 8.14. The average molecular weight is 578 g/mol. The molecule has 0 amide bonds. The summed E-state index contributed by atoms with van der Waals surface area (Å²) < 4.78 is 3.00. The summed E-state index contributed by atoms with van der Waals surface area (Å²) in [7, 11) is 0. The molecule has 0 nitrogen and oxygen atoms in total. The van der Waals surface area contributed by atoms with Gasteiger partial charge in [-0.05, 0) is 0 Å². The van der Waals surface area contributed by atoms with E-state index in [-0.39, 0.29) is 0 Å². The van der Waals surface area contributed by atoms with E-state index in [1.54, 1.807) is 0 Å². The van der Waals surface area contributed by atoms with Crippen LogP contribution in [0.25, 0.3) is 0 Å². The summed E-state index contributed by atoms with van der Waals surface area (Å²) >= 11 is 36.5. The fraction of sp³-hybridized carbons (Fsp3) is 0. The summed E-state index contributed by atoms with van der Waals surface area (Å²) in [5, 5.41) is 3.61. The topological polar surface area (TPSA) is 0 Å². The van der Waals surface area contributed by atoms with Crippen LogP contribution in [0.3, 0.4) is 0 Å². The van der Waals surface area contributed by atoms with E-state index in [2.05, 4.69) is 62.3 Å². The molecular formula is C10Cl4Se4. The minimum atomic E-state index is 0.465. The summed E-state index contributed by atoms with van der Waals surface area (Å²) in [6, 6.07) is 0. The zero-order valence-corrected chi connectivity index (χ0v) is 18.0.